The van der Waals surface area contributed by atoms with Gasteiger partial charge >= 0.3 is 0 Å². The van der Waals surface area contributed by atoms with Crippen LogP contribution in [0.1, 0.15) is 23.5 Å². The summed E-state index contributed by atoms with van der Waals surface area (Å²) in [5.41, 5.74) is 1.19. The Morgan fingerprint density at radius 3 is 2.21 bits per heavy atom. The van der Waals surface area contributed by atoms with Gasteiger partial charge in [-0.1, -0.05) is 73.7 Å². The first kappa shape index (κ1) is 26.1. The van der Waals surface area contributed by atoms with Crippen LogP contribution in [-0.4, -0.2) is 19.3 Å². The minimum atomic E-state index is -1.58. The number of rotatable bonds is 10. The van der Waals surface area contributed by atoms with E-state index in [1.165, 1.54) is 0 Å². The monoisotopic (exact) mass is 500 g/mol. The Labute approximate surface area is 206 Å². The van der Waals surface area contributed by atoms with Gasteiger partial charge in [0.15, 0.2) is 0 Å². The highest BCUT2D eigenvalue weighted by Crippen LogP contribution is 2.36. The van der Waals surface area contributed by atoms with Crippen molar-refractivity contribution < 1.29 is 18.6 Å². The van der Waals surface area contributed by atoms with Crippen LogP contribution in [0.3, 0.4) is 0 Å². The third-order valence-electron chi connectivity index (χ3n) is 5.43. The summed E-state index contributed by atoms with van der Waals surface area (Å²) in [6.45, 7) is 6.43. The lowest BCUT2D eigenvalue weighted by atomic mass is 9.91. The van der Waals surface area contributed by atoms with Gasteiger partial charge in [-0.2, -0.15) is 0 Å². The van der Waals surface area contributed by atoms with Gasteiger partial charge in [0.2, 0.25) is 0 Å². The molecule has 0 radical (unpaired) electrons. The van der Waals surface area contributed by atoms with Crippen LogP contribution in [0.4, 0.5) is 8.78 Å². The summed E-state index contributed by atoms with van der Waals surface area (Å²) in [4.78, 5) is 0. The number of hydrogen-bond acceptors (Lipinski definition) is 2. The van der Waals surface area contributed by atoms with E-state index >= 15 is 8.78 Å². The maximum Gasteiger partial charge on any atom is 0.139 e. The summed E-state index contributed by atoms with van der Waals surface area (Å²) in [5.74, 6) is -1.37. The van der Waals surface area contributed by atoms with E-state index in [0.717, 1.165) is 0 Å². The molecule has 1 N–H and O–H groups in total. The number of hydrogen-bond donors (Lipinski definition) is 1. The predicted molar refractivity (Wildman–Crippen MR) is 139 cm³/mol. The summed E-state index contributed by atoms with van der Waals surface area (Å²) in [6, 6.07) is 23.6. The van der Waals surface area contributed by atoms with E-state index in [0.29, 0.717) is 33.7 Å². The Morgan fingerprint density at radius 2 is 1.56 bits per heavy atom. The third-order valence-corrected chi connectivity index (χ3v) is 7.38. The standard InChI is InChI=1S/C28H31ClF2O2Si/c1-34(2,3)19-23(32)18-26(21-12-14-22(29)15-13-21)28(31)27(30)17-20-8-7-11-25(16-20)33-24-9-5-4-6-10-24/h4-16,23,26,32H,17-19H2,1-3H3. The quantitative estimate of drug-likeness (QED) is 0.282. The average molecular weight is 501 g/mol. The van der Waals surface area contributed by atoms with Gasteiger partial charge in [-0.3, -0.25) is 0 Å². The molecule has 0 aromatic heterocycles. The molecule has 3 rings (SSSR count). The fourth-order valence-corrected chi connectivity index (χ4v) is 5.65. The van der Waals surface area contributed by atoms with Crippen molar-refractivity contribution in [2.75, 3.05) is 0 Å². The number of benzene rings is 3. The molecule has 0 aliphatic heterocycles. The molecule has 2 nitrogen and oxygen atoms in total. The van der Waals surface area contributed by atoms with Crippen LogP contribution >= 0.6 is 11.6 Å². The van der Waals surface area contributed by atoms with Crippen molar-refractivity contribution in [3.63, 3.8) is 0 Å². The fourth-order valence-electron chi connectivity index (χ4n) is 3.94. The van der Waals surface area contributed by atoms with E-state index in [-0.39, 0.29) is 12.8 Å². The Kier molecular flexibility index (Phi) is 9.06. The molecular formula is C28H31ClF2O2Si. The lowest BCUT2D eigenvalue weighted by molar-refractivity contribution is 0.172. The number of halogens is 3. The topological polar surface area (TPSA) is 29.5 Å². The SMILES string of the molecule is C[Si](C)(C)CC(O)CC(C(F)=C(F)Cc1cccc(Oc2ccccc2)c1)c1ccc(Cl)cc1. The first-order chi connectivity index (χ1) is 16.1. The number of allylic oxidation sites excluding steroid dienone is 2. The Morgan fingerprint density at radius 1 is 0.912 bits per heavy atom. The van der Waals surface area contributed by atoms with Crippen molar-refractivity contribution in [1.82, 2.24) is 0 Å². The lowest BCUT2D eigenvalue weighted by Gasteiger charge is -2.24. The Hall–Kier alpha value is -2.47. The Bertz CT molecular complexity index is 1100. The Balaban J connectivity index is 1.83. The predicted octanol–water partition coefficient (Wildman–Crippen LogP) is 8.70. The van der Waals surface area contributed by atoms with Crippen molar-refractivity contribution in [3.8, 4) is 11.5 Å². The fraction of sp³-hybridized carbons (Fsp3) is 0.286. The molecule has 3 aromatic rings. The lowest BCUT2D eigenvalue weighted by Crippen LogP contribution is -2.28. The molecule has 3 aromatic carbocycles. The molecule has 0 saturated heterocycles. The molecule has 2 atom stereocenters. The molecule has 0 fully saturated rings. The van der Waals surface area contributed by atoms with Crippen molar-refractivity contribution in [2.45, 2.75) is 50.5 Å². The minimum Gasteiger partial charge on any atom is -0.457 e. The van der Waals surface area contributed by atoms with Crippen molar-refractivity contribution in [3.05, 3.63) is 107 Å². The van der Waals surface area contributed by atoms with Gasteiger partial charge in [-0.25, -0.2) is 8.78 Å². The van der Waals surface area contributed by atoms with Gasteiger partial charge in [-0.15, -0.1) is 0 Å². The molecule has 0 saturated carbocycles. The van der Waals surface area contributed by atoms with Crippen LogP contribution in [0.15, 0.2) is 90.5 Å². The number of ether oxygens (including phenoxy) is 1. The van der Waals surface area contributed by atoms with Crippen molar-refractivity contribution in [1.29, 1.82) is 0 Å². The third kappa shape index (κ3) is 8.08. The summed E-state index contributed by atoms with van der Waals surface area (Å²) >= 11 is 6.00. The summed E-state index contributed by atoms with van der Waals surface area (Å²) in [5, 5.41) is 11.2. The summed E-state index contributed by atoms with van der Waals surface area (Å²) in [6.07, 6.45) is -0.803. The van der Waals surface area contributed by atoms with Crippen LogP contribution < -0.4 is 4.74 Å². The van der Waals surface area contributed by atoms with E-state index in [1.54, 1.807) is 48.5 Å². The van der Waals surface area contributed by atoms with Crippen LogP contribution in [0.5, 0.6) is 11.5 Å². The summed E-state index contributed by atoms with van der Waals surface area (Å²) in [7, 11) is -1.58. The summed E-state index contributed by atoms with van der Waals surface area (Å²) < 4.78 is 36.5. The van der Waals surface area contributed by atoms with Crippen LogP contribution in [0.25, 0.3) is 0 Å². The first-order valence-electron chi connectivity index (χ1n) is 11.4. The first-order valence-corrected chi connectivity index (χ1v) is 15.5. The highest BCUT2D eigenvalue weighted by Gasteiger charge is 2.27. The largest absolute Gasteiger partial charge is 0.457 e. The molecule has 34 heavy (non-hydrogen) atoms. The second-order valence-corrected chi connectivity index (χ2v) is 15.7. The normalized spacial score (nSPS) is 14.3. The van der Waals surface area contributed by atoms with E-state index in [1.807, 2.05) is 30.3 Å². The van der Waals surface area contributed by atoms with Gasteiger partial charge < -0.3 is 9.84 Å². The van der Waals surface area contributed by atoms with Crippen LogP contribution in [0, 0.1) is 0 Å². The maximum absolute atomic E-state index is 15.5. The number of aliphatic hydroxyl groups is 1. The average Bonchev–Trinajstić information content (AvgIpc) is 2.77. The molecule has 0 heterocycles. The van der Waals surface area contributed by atoms with Gasteiger partial charge in [0.1, 0.15) is 23.2 Å². The molecule has 2 unspecified atom stereocenters. The molecule has 0 aliphatic rings. The van der Waals surface area contributed by atoms with E-state index < -0.39 is 31.7 Å². The molecular weight excluding hydrogens is 470 g/mol. The van der Waals surface area contributed by atoms with E-state index in [4.69, 9.17) is 16.3 Å². The van der Waals surface area contributed by atoms with Crippen molar-refractivity contribution in [2.24, 2.45) is 0 Å². The van der Waals surface area contributed by atoms with Crippen LogP contribution in [0.2, 0.25) is 30.7 Å². The van der Waals surface area contributed by atoms with E-state index in [9.17, 15) is 5.11 Å². The zero-order valence-electron chi connectivity index (χ0n) is 19.8. The second kappa shape index (κ2) is 11.8. The van der Waals surface area contributed by atoms with Gasteiger partial charge in [0.25, 0.3) is 0 Å². The van der Waals surface area contributed by atoms with Crippen molar-refractivity contribution >= 4 is 19.7 Å². The van der Waals surface area contributed by atoms with E-state index in [2.05, 4.69) is 19.6 Å². The molecule has 0 aliphatic carbocycles. The minimum absolute atomic E-state index is 0.113. The van der Waals surface area contributed by atoms with Gasteiger partial charge in [-0.05, 0) is 60.0 Å². The maximum atomic E-state index is 15.5. The zero-order valence-corrected chi connectivity index (χ0v) is 21.5. The zero-order chi connectivity index (χ0) is 24.7. The molecule has 180 valence electrons. The molecule has 0 spiro atoms. The number of para-hydroxylation sites is 1. The highest BCUT2D eigenvalue weighted by atomic mass is 35.5. The smallest absolute Gasteiger partial charge is 0.139 e. The molecule has 0 bridgehead atoms. The molecule has 0 amide bonds. The highest BCUT2D eigenvalue weighted by molar-refractivity contribution is 6.76. The number of aliphatic hydroxyl groups excluding tert-OH is 1. The van der Waals surface area contributed by atoms with Gasteiger partial charge in [0.05, 0.1) is 6.10 Å². The van der Waals surface area contributed by atoms with Gasteiger partial charge in [0, 0.05) is 25.4 Å². The molecule has 6 heteroatoms. The van der Waals surface area contributed by atoms with Crippen LogP contribution in [-0.2, 0) is 6.42 Å². The second-order valence-electron chi connectivity index (χ2n) is 9.75.